The minimum atomic E-state index is -0.207. The van der Waals surface area contributed by atoms with Crippen LogP contribution in [-0.2, 0) is 13.0 Å². The molecule has 0 aliphatic heterocycles. The third kappa shape index (κ3) is 3.96. The molecule has 0 unspecified atom stereocenters. The number of aromatic nitrogens is 5. The van der Waals surface area contributed by atoms with Gasteiger partial charge in [-0.2, -0.15) is 5.10 Å². The number of H-pyrrole nitrogens is 1. The normalized spacial score (nSPS) is 11.4. The molecule has 1 amide bonds. The van der Waals surface area contributed by atoms with E-state index in [9.17, 15) is 4.79 Å². The molecule has 0 atom stereocenters. The minimum absolute atomic E-state index is 0.207. The van der Waals surface area contributed by atoms with E-state index in [0.29, 0.717) is 29.3 Å². The summed E-state index contributed by atoms with van der Waals surface area (Å²) in [7, 11) is 3.58. The van der Waals surface area contributed by atoms with Crippen LogP contribution in [0.1, 0.15) is 45.6 Å². The lowest BCUT2D eigenvalue weighted by Gasteiger charge is -2.18. The van der Waals surface area contributed by atoms with Gasteiger partial charge in [-0.15, -0.1) is 0 Å². The number of hydrogen-bond acceptors (Lipinski definition) is 7. The molecule has 0 fully saturated rings. The summed E-state index contributed by atoms with van der Waals surface area (Å²) in [6.07, 6.45) is 0.780. The predicted molar refractivity (Wildman–Crippen MR) is 140 cm³/mol. The number of aromatic amines is 1. The highest BCUT2D eigenvalue weighted by atomic mass is 16.5. The summed E-state index contributed by atoms with van der Waals surface area (Å²) >= 11 is 0. The highest BCUT2D eigenvalue weighted by molar-refractivity contribution is 6.05. The van der Waals surface area contributed by atoms with Gasteiger partial charge in [0.1, 0.15) is 5.69 Å². The van der Waals surface area contributed by atoms with E-state index in [-0.39, 0.29) is 5.91 Å². The van der Waals surface area contributed by atoms with E-state index in [4.69, 9.17) is 14.5 Å². The van der Waals surface area contributed by atoms with E-state index >= 15 is 0 Å². The summed E-state index contributed by atoms with van der Waals surface area (Å²) < 4.78 is 5.52. The Morgan fingerprint density at radius 1 is 1.11 bits per heavy atom. The first-order valence-electron chi connectivity index (χ1n) is 12.0. The summed E-state index contributed by atoms with van der Waals surface area (Å²) in [6, 6.07) is 9.92. The molecule has 0 aliphatic carbocycles. The Morgan fingerprint density at radius 2 is 1.92 bits per heavy atom. The second kappa shape index (κ2) is 9.07. The van der Waals surface area contributed by atoms with Crippen LogP contribution in [-0.4, -0.2) is 50.2 Å². The standard InChI is InChI=1S/C27H29N7O2/c1-7-20-16(4)23(36-33-20)13-34(6)27(35)24-18-10-14(2)8-9-21(18)29-26(30-24)17-12-19-22(11-15(17)3)31-32-25(19)28-5/h8-12H,7,13H2,1-6H3,(H2,28,31,32). The topological polar surface area (TPSA) is 113 Å². The molecule has 184 valence electrons. The van der Waals surface area contributed by atoms with Gasteiger partial charge in [0, 0.05) is 36.0 Å². The van der Waals surface area contributed by atoms with Gasteiger partial charge in [-0.3, -0.25) is 9.89 Å². The monoisotopic (exact) mass is 483 g/mol. The first kappa shape index (κ1) is 23.5. The molecule has 0 aliphatic rings. The van der Waals surface area contributed by atoms with Gasteiger partial charge in [0.25, 0.3) is 5.91 Å². The first-order valence-corrected chi connectivity index (χ1v) is 12.0. The maximum Gasteiger partial charge on any atom is 0.273 e. The smallest absolute Gasteiger partial charge is 0.273 e. The fraction of sp³-hybridized carbons (Fsp3) is 0.296. The zero-order valence-electron chi connectivity index (χ0n) is 21.4. The molecule has 5 rings (SSSR count). The van der Waals surface area contributed by atoms with Gasteiger partial charge in [0.15, 0.2) is 17.4 Å². The maximum atomic E-state index is 13.8. The number of hydrogen-bond donors (Lipinski definition) is 2. The summed E-state index contributed by atoms with van der Waals surface area (Å²) in [5.74, 6) is 1.71. The van der Waals surface area contributed by atoms with Gasteiger partial charge >= 0.3 is 0 Å². The third-order valence-electron chi connectivity index (χ3n) is 6.62. The molecule has 0 radical (unpaired) electrons. The summed E-state index contributed by atoms with van der Waals surface area (Å²) in [5, 5.41) is 16.3. The van der Waals surface area contributed by atoms with Crippen molar-refractivity contribution in [2.24, 2.45) is 0 Å². The van der Waals surface area contributed by atoms with Crippen LogP contribution in [0.2, 0.25) is 0 Å². The summed E-state index contributed by atoms with van der Waals surface area (Å²) in [4.78, 5) is 25.0. The minimum Gasteiger partial charge on any atom is -0.371 e. The van der Waals surface area contributed by atoms with E-state index in [1.165, 1.54) is 0 Å². The Hall–Kier alpha value is -4.27. The fourth-order valence-electron chi connectivity index (χ4n) is 4.48. The van der Waals surface area contributed by atoms with Crippen molar-refractivity contribution < 1.29 is 9.32 Å². The maximum absolute atomic E-state index is 13.8. The highest BCUT2D eigenvalue weighted by Crippen LogP contribution is 2.31. The van der Waals surface area contributed by atoms with Gasteiger partial charge in [0.2, 0.25) is 0 Å². The van der Waals surface area contributed by atoms with Gasteiger partial charge in [0.05, 0.1) is 23.3 Å². The number of rotatable bonds is 6. The number of carbonyl (C=O) groups excluding carboxylic acids is 1. The van der Waals surface area contributed by atoms with E-state index in [0.717, 1.165) is 56.5 Å². The number of nitrogens with one attached hydrogen (secondary N) is 2. The quantitative estimate of drug-likeness (QED) is 0.351. The largest absolute Gasteiger partial charge is 0.371 e. The number of benzene rings is 2. The van der Waals surface area contributed by atoms with E-state index in [2.05, 4.69) is 20.7 Å². The van der Waals surface area contributed by atoms with Crippen molar-refractivity contribution in [1.29, 1.82) is 0 Å². The van der Waals surface area contributed by atoms with Crippen molar-refractivity contribution in [3.8, 4) is 11.4 Å². The Bertz CT molecular complexity index is 1620. The third-order valence-corrected chi connectivity index (χ3v) is 6.62. The molecule has 5 aromatic rings. The van der Waals surface area contributed by atoms with Crippen LogP contribution in [0.3, 0.4) is 0 Å². The Morgan fingerprint density at radius 3 is 2.64 bits per heavy atom. The Balaban J connectivity index is 1.62. The van der Waals surface area contributed by atoms with Crippen LogP contribution >= 0.6 is 0 Å². The molecule has 2 N–H and O–H groups in total. The average Bonchev–Trinajstić information content (AvgIpc) is 3.44. The lowest BCUT2D eigenvalue weighted by atomic mass is 10.0. The van der Waals surface area contributed by atoms with Crippen molar-refractivity contribution >= 4 is 33.5 Å². The van der Waals surface area contributed by atoms with Crippen LogP contribution < -0.4 is 5.32 Å². The molecular formula is C27H29N7O2. The number of amides is 1. The van der Waals surface area contributed by atoms with Gasteiger partial charge in [-0.25, -0.2) is 9.97 Å². The van der Waals surface area contributed by atoms with Crippen LogP contribution in [0, 0.1) is 20.8 Å². The molecule has 3 aromatic heterocycles. The molecule has 0 saturated heterocycles. The average molecular weight is 484 g/mol. The van der Waals surface area contributed by atoms with E-state index in [1.807, 2.05) is 65.1 Å². The van der Waals surface area contributed by atoms with Crippen molar-refractivity contribution in [2.75, 3.05) is 19.4 Å². The van der Waals surface area contributed by atoms with Gasteiger partial charge in [-0.1, -0.05) is 23.7 Å². The lowest BCUT2D eigenvalue weighted by Crippen LogP contribution is -2.27. The zero-order valence-corrected chi connectivity index (χ0v) is 21.4. The molecule has 3 heterocycles. The Labute approximate surface area is 208 Å². The van der Waals surface area contributed by atoms with E-state index in [1.54, 1.807) is 11.9 Å². The van der Waals surface area contributed by atoms with Crippen molar-refractivity contribution in [3.63, 3.8) is 0 Å². The molecule has 0 bridgehead atoms. The molecule has 9 heteroatoms. The SMILES string of the molecule is CCc1noc(CN(C)C(=O)c2nc(-c3cc4c(NC)n[nH]c4cc3C)nc3ccc(C)cc23)c1C. The molecule has 0 spiro atoms. The van der Waals surface area contributed by atoms with Crippen LogP contribution in [0.5, 0.6) is 0 Å². The predicted octanol–water partition coefficient (Wildman–Crippen LogP) is 4.96. The summed E-state index contributed by atoms with van der Waals surface area (Å²) in [6.45, 7) is 8.30. The van der Waals surface area contributed by atoms with Crippen LogP contribution in [0.25, 0.3) is 33.2 Å². The molecular weight excluding hydrogens is 454 g/mol. The van der Waals surface area contributed by atoms with Crippen molar-refractivity contribution in [1.82, 2.24) is 30.2 Å². The van der Waals surface area contributed by atoms with Crippen molar-refractivity contribution in [2.45, 2.75) is 40.7 Å². The second-order valence-corrected chi connectivity index (χ2v) is 9.14. The van der Waals surface area contributed by atoms with E-state index < -0.39 is 0 Å². The first-order chi connectivity index (χ1) is 17.3. The number of fused-ring (bicyclic) bond motifs is 2. The molecule has 2 aromatic carbocycles. The van der Waals surface area contributed by atoms with Gasteiger partial charge in [-0.05, 0) is 57.0 Å². The number of aryl methyl sites for hydroxylation is 3. The zero-order chi connectivity index (χ0) is 25.6. The lowest BCUT2D eigenvalue weighted by molar-refractivity contribution is 0.0768. The van der Waals surface area contributed by atoms with Crippen LogP contribution in [0.15, 0.2) is 34.9 Å². The Kier molecular flexibility index (Phi) is 5.91. The number of anilines is 1. The fourth-order valence-corrected chi connectivity index (χ4v) is 4.48. The number of nitrogens with zero attached hydrogens (tertiary/aromatic N) is 5. The second-order valence-electron chi connectivity index (χ2n) is 9.14. The van der Waals surface area contributed by atoms with Crippen LogP contribution in [0.4, 0.5) is 5.82 Å². The highest BCUT2D eigenvalue weighted by Gasteiger charge is 2.23. The summed E-state index contributed by atoms with van der Waals surface area (Å²) in [5.41, 5.74) is 6.73. The number of carbonyl (C=O) groups is 1. The molecule has 36 heavy (non-hydrogen) atoms. The molecule has 9 nitrogen and oxygen atoms in total. The van der Waals surface area contributed by atoms with Gasteiger partial charge < -0.3 is 14.7 Å². The van der Waals surface area contributed by atoms with Crippen molar-refractivity contribution in [3.05, 3.63) is 64.2 Å². The molecule has 0 saturated carbocycles.